The predicted molar refractivity (Wildman–Crippen MR) is 96.9 cm³/mol. The van der Waals surface area contributed by atoms with Crippen LogP contribution in [0, 0.1) is 18.8 Å². The largest absolute Gasteiger partial charge is 0.354 e. The lowest BCUT2D eigenvalue weighted by molar-refractivity contribution is -0.124. The van der Waals surface area contributed by atoms with Gasteiger partial charge in [0.25, 0.3) is 5.91 Å². The average molecular weight is 330 g/mol. The normalized spacial score (nSPS) is 16.7. The molecule has 1 unspecified atom stereocenters. The first-order valence-electron chi connectivity index (χ1n) is 9.12. The van der Waals surface area contributed by atoms with E-state index in [1.165, 1.54) is 32.1 Å². The maximum absolute atomic E-state index is 12.5. The minimum atomic E-state index is -0.498. The van der Waals surface area contributed by atoms with Crippen molar-refractivity contribution in [1.29, 1.82) is 0 Å². The van der Waals surface area contributed by atoms with E-state index in [0.29, 0.717) is 11.5 Å². The van der Waals surface area contributed by atoms with E-state index in [0.717, 1.165) is 12.1 Å². The molecule has 1 atom stereocenters. The Labute approximate surface area is 145 Å². The second-order valence-electron chi connectivity index (χ2n) is 7.31. The topological polar surface area (TPSA) is 58.2 Å². The summed E-state index contributed by atoms with van der Waals surface area (Å²) in [6.45, 7) is 6.63. The van der Waals surface area contributed by atoms with Crippen molar-refractivity contribution in [3.05, 3.63) is 35.4 Å². The van der Waals surface area contributed by atoms with Crippen molar-refractivity contribution in [2.24, 2.45) is 11.8 Å². The lowest BCUT2D eigenvalue weighted by Crippen LogP contribution is -2.50. The lowest BCUT2D eigenvalue weighted by atomic mass is 9.89. The maximum atomic E-state index is 12.5. The monoisotopic (exact) mass is 330 g/mol. The fourth-order valence-corrected chi connectivity index (χ4v) is 3.21. The van der Waals surface area contributed by atoms with Gasteiger partial charge in [-0.15, -0.1) is 0 Å². The molecule has 1 aliphatic rings. The molecule has 0 saturated heterocycles. The minimum absolute atomic E-state index is 0.0470. The molecule has 1 fully saturated rings. The zero-order chi connectivity index (χ0) is 17.5. The second kappa shape index (κ2) is 8.86. The summed E-state index contributed by atoms with van der Waals surface area (Å²) in [5.74, 6) is 0.367. The Kier molecular flexibility index (Phi) is 6.83. The highest BCUT2D eigenvalue weighted by Crippen LogP contribution is 2.22. The molecule has 0 aliphatic heterocycles. The van der Waals surface area contributed by atoms with E-state index >= 15 is 0 Å². The van der Waals surface area contributed by atoms with Crippen LogP contribution < -0.4 is 10.6 Å². The van der Waals surface area contributed by atoms with Gasteiger partial charge in [-0.2, -0.15) is 0 Å². The molecule has 0 spiro atoms. The molecular formula is C20H30N2O2. The summed E-state index contributed by atoms with van der Waals surface area (Å²) >= 11 is 0. The third-order valence-electron chi connectivity index (χ3n) is 4.84. The Balaban J connectivity index is 1.91. The van der Waals surface area contributed by atoms with Crippen LogP contribution in [-0.4, -0.2) is 24.4 Å². The van der Waals surface area contributed by atoms with Gasteiger partial charge in [-0.05, 0) is 43.7 Å². The molecule has 0 aromatic heterocycles. The van der Waals surface area contributed by atoms with Crippen LogP contribution >= 0.6 is 0 Å². The van der Waals surface area contributed by atoms with Gasteiger partial charge in [-0.25, -0.2) is 0 Å². The minimum Gasteiger partial charge on any atom is -0.354 e. The fraction of sp³-hybridized carbons (Fsp3) is 0.600. The van der Waals surface area contributed by atoms with E-state index in [9.17, 15) is 9.59 Å². The molecule has 132 valence electrons. The Morgan fingerprint density at radius 2 is 1.71 bits per heavy atom. The molecule has 1 aromatic rings. The number of carbonyl (C=O) groups excluding carboxylic acids is 2. The third-order valence-corrected chi connectivity index (χ3v) is 4.84. The highest BCUT2D eigenvalue weighted by Gasteiger charge is 2.25. The molecular weight excluding hydrogens is 300 g/mol. The van der Waals surface area contributed by atoms with Crippen LogP contribution in [0.4, 0.5) is 0 Å². The quantitative estimate of drug-likeness (QED) is 0.839. The summed E-state index contributed by atoms with van der Waals surface area (Å²) in [7, 11) is 0. The average Bonchev–Trinajstić information content (AvgIpc) is 2.58. The van der Waals surface area contributed by atoms with Crippen LogP contribution in [0.25, 0.3) is 0 Å². The molecule has 4 heteroatoms. The maximum Gasteiger partial charge on any atom is 0.251 e. The molecule has 1 aliphatic carbocycles. The number of benzene rings is 1. The summed E-state index contributed by atoms with van der Waals surface area (Å²) in [6, 6.07) is 6.90. The van der Waals surface area contributed by atoms with Crippen molar-refractivity contribution in [3.63, 3.8) is 0 Å². The Hall–Kier alpha value is -1.84. The Bertz CT molecular complexity index is 545. The summed E-state index contributed by atoms with van der Waals surface area (Å²) in [6.07, 6.45) is 6.23. The van der Waals surface area contributed by atoms with Crippen LogP contribution in [0.3, 0.4) is 0 Å². The molecule has 0 heterocycles. The van der Waals surface area contributed by atoms with Crippen molar-refractivity contribution < 1.29 is 9.59 Å². The van der Waals surface area contributed by atoms with Gasteiger partial charge < -0.3 is 10.6 Å². The van der Waals surface area contributed by atoms with E-state index in [2.05, 4.69) is 10.6 Å². The summed E-state index contributed by atoms with van der Waals surface area (Å²) in [5.41, 5.74) is 1.70. The predicted octanol–water partition coefficient (Wildman–Crippen LogP) is 3.45. The molecule has 0 bridgehead atoms. The Morgan fingerprint density at radius 1 is 1.08 bits per heavy atom. The zero-order valence-corrected chi connectivity index (χ0v) is 15.1. The van der Waals surface area contributed by atoms with Gasteiger partial charge >= 0.3 is 0 Å². The van der Waals surface area contributed by atoms with E-state index < -0.39 is 6.04 Å². The van der Waals surface area contributed by atoms with Gasteiger partial charge in [-0.1, -0.05) is 50.8 Å². The zero-order valence-electron chi connectivity index (χ0n) is 15.1. The van der Waals surface area contributed by atoms with E-state index in [1.54, 1.807) is 12.1 Å². The van der Waals surface area contributed by atoms with Gasteiger partial charge in [0.1, 0.15) is 6.04 Å². The first-order chi connectivity index (χ1) is 11.5. The van der Waals surface area contributed by atoms with Crippen molar-refractivity contribution in [1.82, 2.24) is 10.6 Å². The van der Waals surface area contributed by atoms with Gasteiger partial charge in [0.15, 0.2) is 0 Å². The number of aryl methyl sites for hydroxylation is 1. The van der Waals surface area contributed by atoms with Crippen molar-refractivity contribution in [2.75, 3.05) is 6.54 Å². The standard InChI is InChI=1S/C20H30N2O2/c1-14(2)18(20(24)21-13-16-7-5-4-6-8-16)22-19(23)17-11-9-15(3)10-12-17/h9-12,14,16,18H,4-8,13H2,1-3H3,(H,21,24)(H,22,23). The van der Waals surface area contributed by atoms with Crippen LogP contribution in [0.2, 0.25) is 0 Å². The molecule has 2 rings (SSSR count). The van der Waals surface area contributed by atoms with Crippen LogP contribution in [0.1, 0.15) is 61.9 Å². The highest BCUT2D eigenvalue weighted by atomic mass is 16.2. The van der Waals surface area contributed by atoms with E-state index in [4.69, 9.17) is 0 Å². The number of amides is 2. The van der Waals surface area contributed by atoms with E-state index in [1.807, 2.05) is 32.9 Å². The number of carbonyl (C=O) groups is 2. The number of nitrogens with one attached hydrogen (secondary N) is 2. The van der Waals surface area contributed by atoms with Gasteiger partial charge in [0.2, 0.25) is 5.91 Å². The van der Waals surface area contributed by atoms with Gasteiger partial charge in [0, 0.05) is 12.1 Å². The first-order valence-corrected chi connectivity index (χ1v) is 9.12. The Morgan fingerprint density at radius 3 is 2.29 bits per heavy atom. The van der Waals surface area contributed by atoms with Crippen molar-refractivity contribution in [2.45, 2.75) is 58.9 Å². The van der Waals surface area contributed by atoms with Crippen LogP contribution in [-0.2, 0) is 4.79 Å². The smallest absolute Gasteiger partial charge is 0.251 e. The van der Waals surface area contributed by atoms with E-state index in [-0.39, 0.29) is 17.7 Å². The van der Waals surface area contributed by atoms with Crippen LogP contribution in [0.5, 0.6) is 0 Å². The second-order valence-corrected chi connectivity index (χ2v) is 7.31. The molecule has 2 N–H and O–H groups in total. The molecule has 2 amide bonds. The molecule has 1 saturated carbocycles. The molecule has 4 nitrogen and oxygen atoms in total. The number of hydrogen-bond donors (Lipinski definition) is 2. The van der Waals surface area contributed by atoms with Crippen LogP contribution in [0.15, 0.2) is 24.3 Å². The highest BCUT2D eigenvalue weighted by molar-refractivity contribution is 5.97. The fourth-order valence-electron chi connectivity index (χ4n) is 3.21. The summed E-state index contributed by atoms with van der Waals surface area (Å²) < 4.78 is 0. The summed E-state index contributed by atoms with van der Waals surface area (Å²) in [4.78, 5) is 24.9. The molecule has 0 radical (unpaired) electrons. The number of rotatable bonds is 6. The van der Waals surface area contributed by atoms with Gasteiger partial charge in [-0.3, -0.25) is 9.59 Å². The lowest BCUT2D eigenvalue weighted by Gasteiger charge is -2.25. The van der Waals surface area contributed by atoms with Gasteiger partial charge in [0.05, 0.1) is 0 Å². The SMILES string of the molecule is Cc1ccc(C(=O)NC(C(=O)NCC2CCCCC2)C(C)C)cc1. The molecule has 1 aromatic carbocycles. The third kappa shape index (κ3) is 5.36. The number of hydrogen-bond acceptors (Lipinski definition) is 2. The summed E-state index contributed by atoms with van der Waals surface area (Å²) in [5, 5.41) is 5.93. The van der Waals surface area contributed by atoms with Crippen molar-refractivity contribution >= 4 is 11.8 Å². The molecule has 24 heavy (non-hydrogen) atoms. The van der Waals surface area contributed by atoms with Crippen molar-refractivity contribution in [3.8, 4) is 0 Å². The first kappa shape index (κ1) is 18.5.